The molecule has 4 heteroatoms. The first-order valence-corrected chi connectivity index (χ1v) is 5.98. The largest absolute Gasteiger partial charge is 0.354 e. The Morgan fingerprint density at radius 3 is 2.94 bits per heavy atom. The molecule has 2 N–H and O–H groups in total. The number of amidine groups is 1. The number of amides is 1. The Bertz CT molecular complexity index is 483. The fourth-order valence-electron chi connectivity index (χ4n) is 2.63. The maximum Gasteiger partial charge on any atom is 0.242 e. The summed E-state index contributed by atoms with van der Waals surface area (Å²) in [6.07, 6.45) is 1.85. The van der Waals surface area contributed by atoms with E-state index in [0.717, 1.165) is 30.5 Å². The molecule has 1 fully saturated rings. The molecule has 1 atom stereocenters. The molecule has 0 radical (unpaired) electrons. The topological polar surface area (TPSA) is 56.2 Å². The number of piperidine rings is 1. The van der Waals surface area contributed by atoms with Gasteiger partial charge >= 0.3 is 0 Å². The van der Waals surface area contributed by atoms with Crippen molar-refractivity contribution in [2.45, 2.75) is 25.4 Å². The minimum absolute atomic E-state index is 0.0637. The van der Waals surface area contributed by atoms with Crippen molar-refractivity contribution in [3.8, 4) is 0 Å². The van der Waals surface area contributed by atoms with Crippen molar-refractivity contribution in [3.63, 3.8) is 0 Å². The highest BCUT2D eigenvalue weighted by molar-refractivity contribution is 6.02. The summed E-state index contributed by atoms with van der Waals surface area (Å²) in [6, 6.07) is 7.75. The van der Waals surface area contributed by atoms with Crippen LogP contribution in [0.25, 0.3) is 0 Å². The van der Waals surface area contributed by atoms with E-state index in [1.165, 1.54) is 0 Å². The molecule has 4 nitrogen and oxygen atoms in total. The SMILES string of the molecule is N=C1c2ccccc2CN1C1CCCNC1=O. The summed E-state index contributed by atoms with van der Waals surface area (Å²) in [6.45, 7) is 1.45. The highest BCUT2D eigenvalue weighted by Gasteiger charge is 2.34. The number of nitrogens with one attached hydrogen (secondary N) is 2. The van der Waals surface area contributed by atoms with Crippen molar-refractivity contribution >= 4 is 11.7 Å². The van der Waals surface area contributed by atoms with Crippen LogP contribution in [0.5, 0.6) is 0 Å². The van der Waals surface area contributed by atoms with E-state index in [1.54, 1.807) is 0 Å². The first kappa shape index (κ1) is 10.3. The molecule has 88 valence electrons. The van der Waals surface area contributed by atoms with Gasteiger partial charge in [-0.1, -0.05) is 24.3 Å². The first-order chi connectivity index (χ1) is 8.27. The number of hydrogen-bond acceptors (Lipinski definition) is 2. The molecule has 2 heterocycles. The van der Waals surface area contributed by atoms with Crippen LogP contribution in [0.4, 0.5) is 0 Å². The van der Waals surface area contributed by atoms with Crippen LogP contribution in [0.2, 0.25) is 0 Å². The molecular formula is C13H15N3O. The second-order valence-electron chi connectivity index (χ2n) is 4.58. The van der Waals surface area contributed by atoms with Crippen molar-refractivity contribution in [1.82, 2.24) is 10.2 Å². The van der Waals surface area contributed by atoms with Crippen molar-refractivity contribution in [2.24, 2.45) is 0 Å². The fraction of sp³-hybridized carbons (Fsp3) is 0.385. The first-order valence-electron chi connectivity index (χ1n) is 5.98. The Kier molecular flexibility index (Phi) is 2.35. The molecule has 0 aromatic heterocycles. The number of benzene rings is 1. The Hall–Kier alpha value is -1.84. The van der Waals surface area contributed by atoms with Crippen LogP contribution < -0.4 is 5.32 Å². The molecule has 2 aliphatic heterocycles. The van der Waals surface area contributed by atoms with Gasteiger partial charge in [-0.15, -0.1) is 0 Å². The number of carbonyl (C=O) groups is 1. The van der Waals surface area contributed by atoms with Crippen LogP contribution in [0.15, 0.2) is 24.3 Å². The van der Waals surface area contributed by atoms with Gasteiger partial charge in [0.15, 0.2) is 0 Å². The Morgan fingerprint density at radius 1 is 1.35 bits per heavy atom. The highest BCUT2D eigenvalue weighted by atomic mass is 16.2. The van der Waals surface area contributed by atoms with E-state index in [2.05, 4.69) is 5.32 Å². The smallest absolute Gasteiger partial charge is 0.242 e. The number of carbonyl (C=O) groups excluding carboxylic acids is 1. The monoisotopic (exact) mass is 229 g/mol. The lowest BCUT2D eigenvalue weighted by atomic mass is 10.1. The van der Waals surface area contributed by atoms with Crippen LogP contribution in [0.3, 0.4) is 0 Å². The number of rotatable bonds is 1. The molecule has 0 saturated carbocycles. The minimum Gasteiger partial charge on any atom is -0.354 e. The molecule has 1 aromatic carbocycles. The second-order valence-corrected chi connectivity index (χ2v) is 4.58. The third-order valence-corrected chi connectivity index (χ3v) is 3.53. The molecule has 1 aromatic rings. The predicted octanol–water partition coefficient (Wildman–Crippen LogP) is 1.11. The molecular weight excluding hydrogens is 214 g/mol. The van der Waals surface area contributed by atoms with Crippen LogP contribution in [0.1, 0.15) is 24.0 Å². The van der Waals surface area contributed by atoms with Crippen LogP contribution in [-0.2, 0) is 11.3 Å². The summed E-state index contributed by atoms with van der Waals surface area (Å²) < 4.78 is 0. The van der Waals surface area contributed by atoms with E-state index in [0.29, 0.717) is 12.4 Å². The van der Waals surface area contributed by atoms with E-state index in [-0.39, 0.29) is 11.9 Å². The van der Waals surface area contributed by atoms with Crippen LogP contribution in [-0.4, -0.2) is 29.2 Å². The standard InChI is InChI=1S/C13H15N3O/c14-12-10-5-2-1-4-9(10)8-16(12)11-6-3-7-15-13(11)17/h1-2,4-5,11,14H,3,6-8H2,(H,15,17). The minimum atomic E-state index is -0.163. The zero-order valence-electron chi connectivity index (χ0n) is 9.57. The summed E-state index contributed by atoms with van der Waals surface area (Å²) in [5, 5.41) is 11.0. The van der Waals surface area contributed by atoms with Gasteiger partial charge in [-0.05, 0) is 18.4 Å². The van der Waals surface area contributed by atoms with Gasteiger partial charge in [0.1, 0.15) is 11.9 Å². The van der Waals surface area contributed by atoms with E-state index >= 15 is 0 Å². The molecule has 1 saturated heterocycles. The van der Waals surface area contributed by atoms with Gasteiger partial charge in [0, 0.05) is 18.7 Å². The summed E-state index contributed by atoms with van der Waals surface area (Å²) in [5.74, 6) is 0.552. The Morgan fingerprint density at radius 2 is 2.18 bits per heavy atom. The fourth-order valence-corrected chi connectivity index (χ4v) is 2.63. The maximum atomic E-state index is 11.8. The lowest BCUT2D eigenvalue weighted by molar-refractivity contribution is -0.126. The highest BCUT2D eigenvalue weighted by Crippen LogP contribution is 2.26. The average molecular weight is 229 g/mol. The summed E-state index contributed by atoms with van der Waals surface area (Å²) in [7, 11) is 0. The molecule has 0 spiro atoms. The number of hydrogen-bond donors (Lipinski definition) is 2. The molecule has 2 aliphatic rings. The van der Waals surface area contributed by atoms with Crippen molar-refractivity contribution in [2.75, 3.05) is 6.54 Å². The second kappa shape index (κ2) is 3.87. The maximum absolute atomic E-state index is 11.8. The van der Waals surface area contributed by atoms with E-state index in [9.17, 15) is 4.79 Å². The third-order valence-electron chi connectivity index (χ3n) is 3.53. The Labute approximate surface area is 100 Å². The molecule has 0 bridgehead atoms. The van der Waals surface area contributed by atoms with E-state index < -0.39 is 0 Å². The molecule has 17 heavy (non-hydrogen) atoms. The lowest BCUT2D eigenvalue weighted by Gasteiger charge is -2.31. The van der Waals surface area contributed by atoms with Crippen LogP contribution in [0, 0.1) is 5.41 Å². The lowest BCUT2D eigenvalue weighted by Crippen LogP contribution is -2.50. The van der Waals surface area contributed by atoms with E-state index in [1.807, 2.05) is 29.2 Å². The summed E-state index contributed by atoms with van der Waals surface area (Å²) >= 11 is 0. The molecule has 3 rings (SSSR count). The predicted molar refractivity (Wildman–Crippen MR) is 64.8 cm³/mol. The van der Waals surface area contributed by atoms with Crippen molar-refractivity contribution in [1.29, 1.82) is 5.41 Å². The molecule has 1 amide bonds. The van der Waals surface area contributed by atoms with E-state index in [4.69, 9.17) is 5.41 Å². The molecule has 1 unspecified atom stereocenters. The quantitative estimate of drug-likeness (QED) is 0.757. The summed E-state index contributed by atoms with van der Waals surface area (Å²) in [4.78, 5) is 13.7. The third kappa shape index (κ3) is 1.60. The van der Waals surface area contributed by atoms with Crippen molar-refractivity contribution in [3.05, 3.63) is 35.4 Å². The zero-order valence-corrected chi connectivity index (χ0v) is 9.57. The van der Waals surface area contributed by atoms with Gasteiger partial charge in [0.2, 0.25) is 5.91 Å². The molecule has 0 aliphatic carbocycles. The van der Waals surface area contributed by atoms with Gasteiger partial charge in [-0.3, -0.25) is 10.2 Å². The van der Waals surface area contributed by atoms with Gasteiger partial charge in [-0.2, -0.15) is 0 Å². The van der Waals surface area contributed by atoms with Crippen LogP contribution >= 0.6 is 0 Å². The normalized spacial score (nSPS) is 23.5. The summed E-state index contributed by atoms with van der Waals surface area (Å²) in [5.41, 5.74) is 2.11. The van der Waals surface area contributed by atoms with Gasteiger partial charge < -0.3 is 10.2 Å². The van der Waals surface area contributed by atoms with Gasteiger partial charge in [-0.25, -0.2) is 0 Å². The number of fused-ring (bicyclic) bond motifs is 1. The Balaban J connectivity index is 1.88. The number of nitrogens with zero attached hydrogens (tertiary/aromatic N) is 1. The van der Waals surface area contributed by atoms with Gasteiger partial charge in [0.25, 0.3) is 0 Å². The zero-order chi connectivity index (χ0) is 11.8. The van der Waals surface area contributed by atoms with Crippen molar-refractivity contribution < 1.29 is 4.79 Å². The van der Waals surface area contributed by atoms with Gasteiger partial charge in [0.05, 0.1) is 0 Å². The average Bonchev–Trinajstić information content (AvgIpc) is 2.68.